The lowest BCUT2D eigenvalue weighted by Crippen LogP contribution is -2.25. The molecule has 0 saturated carbocycles. The van der Waals surface area contributed by atoms with Crippen LogP contribution in [0.4, 0.5) is 5.00 Å². The van der Waals surface area contributed by atoms with Crippen LogP contribution in [-0.4, -0.2) is 24.8 Å². The number of hydrogen-bond acceptors (Lipinski definition) is 4. The fraction of sp³-hybridized carbons (Fsp3) is 0.167. The van der Waals surface area contributed by atoms with E-state index in [2.05, 4.69) is 4.98 Å². The van der Waals surface area contributed by atoms with E-state index in [1.807, 2.05) is 0 Å². The van der Waals surface area contributed by atoms with Crippen LogP contribution in [0.15, 0.2) is 24.3 Å². The Morgan fingerprint density at radius 3 is 2.71 bits per heavy atom. The first-order chi connectivity index (χ1) is 9.90. The minimum Gasteiger partial charge on any atom is -0.476 e. The maximum Gasteiger partial charge on any atom is 0.357 e. The van der Waals surface area contributed by atoms with E-state index in [9.17, 15) is 13.6 Å². The molecule has 1 aromatic heterocycles. The molecule has 0 amide bonds. The van der Waals surface area contributed by atoms with Gasteiger partial charge < -0.3 is 5.11 Å². The molecule has 0 aliphatic carbocycles. The van der Waals surface area contributed by atoms with Crippen LogP contribution in [-0.2, 0) is 17.8 Å². The van der Waals surface area contributed by atoms with Gasteiger partial charge in [0.25, 0.3) is 11.3 Å². The summed E-state index contributed by atoms with van der Waals surface area (Å²) in [5, 5.41) is 10.2. The Morgan fingerprint density at radius 1 is 1.48 bits per heavy atom. The van der Waals surface area contributed by atoms with Gasteiger partial charge in [0.05, 0.1) is 11.6 Å². The summed E-state index contributed by atoms with van der Waals surface area (Å²) in [5.41, 5.74) is 0.371. The molecule has 21 heavy (non-hydrogen) atoms. The molecule has 2 rings (SSSR count). The van der Waals surface area contributed by atoms with Crippen molar-refractivity contribution in [2.45, 2.75) is 13.5 Å². The molecule has 0 bridgehead atoms. The fourth-order valence-corrected chi connectivity index (χ4v) is 3.49. The van der Waals surface area contributed by atoms with Crippen LogP contribution in [0.3, 0.4) is 0 Å². The molecule has 2 aromatic rings. The number of carboxylic acid groups (broad SMARTS) is 1. The number of hydrogen-bond donors (Lipinski definition) is 2. The van der Waals surface area contributed by atoms with Gasteiger partial charge in [-0.25, -0.2) is 14.0 Å². The van der Waals surface area contributed by atoms with E-state index in [1.54, 1.807) is 31.2 Å². The normalized spacial score (nSPS) is 12.1. The van der Waals surface area contributed by atoms with Crippen molar-refractivity contribution in [1.82, 2.24) is 4.98 Å². The molecule has 6 nitrogen and oxygen atoms in total. The maximum absolute atomic E-state index is 11.6. The van der Waals surface area contributed by atoms with Crippen LogP contribution in [0.25, 0.3) is 0 Å². The van der Waals surface area contributed by atoms with Gasteiger partial charge in [0.15, 0.2) is 5.69 Å². The Morgan fingerprint density at radius 2 is 2.14 bits per heavy atom. The molecule has 0 aliphatic heterocycles. The van der Waals surface area contributed by atoms with E-state index in [4.69, 9.17) is 16.7 Å². The number of anilines is 1. The summed E-state index contributed by atoms with van der Waals surface area (Å²) < 4.78 is 22.1. The molecular formula is C12H11ClN2O4S2. The third-order valence-electron chi connectivity index (χ3n) is 2.61. The quantitative estimate of drug-likeness (QED) is 0.812. The summed E-state index contributed by atoms with van der Waals surface area (Å²) in [7, 11) is 0. The Balaban J connectivity index is 2.43. The second-order valence-electron chi connectivity index (χ2n) is 4.05. The van der Waals surface area contributed by atoms with Crippen LogP contribution >= 0.6 is 22.9 Å². The van der Waals surface area contributed by atoms with E-state index in [0.29, 0.717) is 15.6 Å². The molecule has 112 valence electrons. The molecule has 2 N–H and O–H groups in total. The van der Waals surface area contributed by atoms with Crippen molar-refractivity contribution in [3.63, 3.8) is 0 Å². The average molecular weight is 347 g/mol. The van der Waals surface area contributed by atoms with Gasteiger partial charge in [-0.1, -0.05) is 41.1 Å². The first kappa shape index (κ1) is 15.9. The number of rotatable bonds is 5. The van der Waals surface area contributed by atoms with E-state index in [1.165, 1.54) is 0 Å². The van der Waals surface area contributed by atoms with Gasteiger partial charge in [-0.3, -0.25) is 8.86 Å². The van der Waals surface area contributed by atoms with Crippen molar-refractivity contribution < 1.29 is 18.7 Å². The lowest BCUT2D eigenvalue weighted by atomic mass is 10.2. The van der Waals surface area contributed by atoms with Gasteiger partial charge >= 0.3 is 5.97 Å². The van der Waals surface area contributed by atoms with Crippen LogP contribution in [0.2, 0.25) is 5.02 Å². The largest absolute Gasteiger partial charge is 0.476 e. The molecule has 1 atom stereocenters. The van der Waals surface area contributed by atoms with Crippen molar-refractivity contribution in [3.8, 4) is 0 Å². The highest BCUT2D eigenvalue weighted by Crippen LogP contribution is 2.31. The lowest BCUT2D eigenvalue weighted by molar-refractivity contribution is 0.0692. The van der Waals surface area contributed by atoms with Crippen LogP contribution in [0, 0.1) is 6.92 Å². The molecule has 0 aliphatic rings. The lowest BCUT2D eigenvalue weighted by Gasteiger charge is -2.19. The number of carboxylic acids is 1. The molecule has 0 saturated heterocycles. The topological polar surface area (TPSA) is 90.7 Å². The summed E-state index contributed by atoms with van der Waals surface area (Å²) in [6, 6.07) is 6.85. The predicted molar refractivity (Wildman–Crippen MR) is 82.2 cm³/mol. The van der Waals surface area contributed by atoms with E-state index < -0.39 is 17.2 Å². The molecule has 9 heteroatoms. The van der Waals surface area contributed by atoms with E-state index in [-0.39, 0.29) is 17.2 Å². The monoisotopic (exact) mass is 346 g/mol. The second-order valence-corrected chi connectivity index (χ2v) is 6.54. The first-order valence-corrected chi connectivity index (χ1v) is 7.98. The average Bonchev–Trinajstić information content (AvgIpc) is 2.79. The number of halogens is 1. The third-order valence-corrected chi connectivity index (χ3v) is 4.77. The number of aryl methyl sites for hydroxylation is 1. The first-order valence-electron chi connectivity index (χ1n) is 5.72. The number of benzene rings is 1. The standard InChI is InChI=1S/C12H11ClN2O4S2/c1-7-14-10(12(16)17)11(20-7)15(21(18)19)6-8-4-2-3-5-9(8)13/h2-5H,6H2,1H3,(H,16,17)(H,18,19). The zero-order valence-electron chi connectivity index (χ0n) is 10.8. The molecule has 1 unspecified atom stereocenters. The summed E-state index contributed by atoms with van der Waals surface area (Å²) in [4.78, 5) is 15.1. The van der Waals surface area contributed by atoms with Crippen molar-refractivity contribution in [1.29, 1.82) is 0 Å². The summed E-state index contributed by atoms with van der Waals surface area (Å²) in [6.45, 7) is 1.64. The summed E-state index contributed by atoms with van der Waals surface area (Å²) in [5.74, 6) is -1.25. The van der Waals surface area contributed by atoms with Gasteiger partial charge in [-0.2, -0.15) is 0 Å². The SMILES string of the molecule is Cc1nc(C(=O)O)c(N(Cc2ccccc2Cl)S(=O)O)s1. The highest BCUT2D eigenvalue weighted by Gasteiger charge is 2.25. The van der Waals surface area contributed by atoms with Gasteiger partial charge in [-0.05, 0) is 18.6 Å². The van der Waals surface area contributed by atoms with Crippen molar-refractivity contribution in [2.75, 3.05) is 4.31 Å². The Kier molecular flexibility index (Phi) is 4.94. The summed E-state index contributed by atoms with van der Waals surface area (Å²) in [6.07, 6.45) is 0. The van der Waals surface area contributed by atoms with E-state index >= 15 is 0 Å². The van der Waals surface area contributed by atoms with Crippen molar-refractivity contribution in [2.24, 2.45) is 0 Å². The van der Waals surface area contributed by atoms with Gasteiger partial charge in [-0.15, -0.1) is 0 Å². The molecule has 0 fully saturated rings. The smallest absolute Gasteiger partial charge is 0.357 e. The second kappa shape index (κ2) is 6.52. The Labute approximate surface area is 132 Å². The van der Waals surface area contributed by atoms with Crippen LogP contribution in [0.1, 0.15) is 21.1 Å². The highest BCUT2D eigenvalue weighted by molar-refractivity contribution is 7.81. The molecule has 0 radical (unpaired) electrons. The van der Waals surface area contributed by atoms with Crippen LogP contribution in [0.5, 0.6) is 0 Å². The van der Waals surface area contributed by atoms with Crippen molar-refractivity contribution >= 4 is 45.2 Å². The molecule has 1 heterocycles. The number of carbonyl (C=O) groups is 1. The summed E-state index contributed by atoms with van der Waals surface area (Å²) >= 11 is 4.68. The minimum absolute atomic E-state index is 0.00466. The predicted octanol–water partition coefficient (Wildman–Crippen LogP) is 2.95. The number of nitrogens with zero attached hydrogens (tertiary/aromatic N) is 2. The zero-order valence-corrected chi connectivity index (χ0v) is 13.2. The molecule has 1 aromatic carbocycles. The minimum atomic E-state index is -2.39. The third kappa shape index (κ3) is 3.59. The number of aromatic nitrogens is 1. The number of aromatic carboxylic acids is 1. The highest BCUT2D eigenvalue weighted by atomic mass is 35.5. The van der Waals surface area contributed by atoms with E-state index in [0.717, 1.165) is 15.6 Å². The molecular weight excluding hydrogens is 336 g/mol. The number of thiazole rings is 1. The Bertz CT molecular complexity index is 704. The maximum atomic E-state index is 11.6. The zero-order chi connectivity index (χ0) is 15.6. The Hall–Kier alpha value is -1.48. The van der Waals surface area contributed by atoms with Gasteiger partial charge in [0, 0.05) is 5.02 Å². The van der Waals surface area contributed by atoms with Gasteiger partial charge in [0.2, 0.25) is 0 Å². The van der Waals surface area contributed by atoms with Crippen molar-refractivity contribution in [3.05, 3.63) is 45.6 Å². The fourth-order valence-electron chi connectivity index (χ4n) is 1.70. The molecule has 0 spiro atoms. The van der Waals surface area contributed by atoms with Gasteiger partial charge in [0.1, 0.15) is 5.00 Å². The van der Waals surface area contributed by atoms with Crippen LogP contribution < -0.4 is 4.31 Å².